The van der Waals surface area contributed by atoms with Crippen LogP contribution in [0.5, 0.6) is 0 Å². The molecule has 40 heavy (non-hydrogen) atoms. The van der Waals surface area contributed by atoms with Gasteiger partial charge >= 0.3 is 0 Å². The molecule has 3 heteroatoms. The van der Waals surface area contributed by atoms with Crippen LogP contribution in [0, 0.1) is 0 Å². The number of fused-ring (bicyclic) bond motifs is 6. The first kappa shape index (κ1) is 23.5. The van der Waals surface area contributed by atoms with E-state index in [-0.39, 0.29) is 5.92 Å². The maximum absolute atomic E-state index is 6.33. The van der Waals surface area contributed by atoms with Crippen molar-refractivity contribution in [3.05, 3.63) is 161 Å². The van der Waals surface area contributed by atoms with E-state index in [1.54, 1.807) is 11.3 Å². The Labute approximate surface area is 241 Å². The Kier molecular flexibility index (Phi) is 5.51. The van der Waals surface area contributed by atoms with Gasteiger partial charge in [-0.05, 0) is 65.2 Å². The average Bonchev–Trinajstić information content (AvgIpc) is 3.52. The first-order chi connectivity index (χ1) is 19.7. The standard InChI is InChI=1S/C37H24ClNS/c38-27-17-19-31-32-21-25(16-20-35(32)40-36(31)23-27)37(24-9-3-1-4-10-24)26-15-18-30-29-13-7-8-14-33(29)39(34(30)22-26)28-11-5-2-6-12-28/h1-23,37H. The topological polar surface area (TPSA) is 4.93 Å². The number of rotatable bonds is 4. The van der Waals surface area contributed by atoms with Crippen LogP contribution in [0.3, 0.4) is 0 Å². The second kappa shape index (κ2) is 9.38. The molecule has 0 N–H and O–H groups in total. The van der Waals surface area contributed by atoms with Gasteiger partial charge in [-0.1, -0.05) is 103 Å². The van der Waals surface area contributed by atoms with Crippen LogP contribution in [0.1, 0.15) is 22.6 Å². The Balaban J connectivity index is 1.39. The minimum Gasteiger partial charge on any atom is -0.309 e. The second-order valence-corrected chi connectivity index (χ2v) is 11.8. The molecule has 1 atom stereocenters. The van der Waals surface area contributed by atoms with Crippen LogP contribution in [0.2, 0.25) is 5.02 Å². The quantitative estimate of drug-likeness (QED) is 0.192. The SMILES string of the molecule is Clc1ccc2c(c1)sc1ccc(C(c3ccccc3)c3ccc4c5ccccc5n(-c5ccccc5)c4c3)cc12. The van der Waals surface area contributed by atoms with Crippen molar-refractivity contribution >= 4 is 64.9 Å². The van der Waals surface area contributed by atoms with Gasteiger partial charge < -0.3 is 4.57 Å². The van der Waals surface area contributed by atoms with E-state index in [9.17, 15) is 0 Å². The summed E-state index contributed by atoms with van der Waals surface area (Å²) in [6.07, 6.45) is 0. The van der Waals surface area contributed by atoms with Gasteiger partial charge in [-0.15, -0.1) is 11.3 Å². The van der Waals surface area contributed by atoms with E-state index in [0.29, 0.717) is 0 Å². The zero-order valence-corrected chi connectivity index (χ0v) is 23.2. The molecule has 2 heterocycles. The van der Waals surface area contributed by atoms with Crippen LogP contribution in [0.15, 0.2) is 140 Å². The summed E-state index contributed by atoms with van der Waals surface area (Å²) in [5.74, 6) is 0.0967. The number of para-hydroxylation sites is 2. The molecule has 0 spiro atoms. The van der Waals surface area contributed by atoms with Crippen molar-refractivity contribution in [2.75, 3.05) is 0 Å². The van der Waals surface area contributed by atoms with Crippen molar-refractivity contribution < 1.29 is 0 Å². The average molecular weight is 550 g/mol. The lowest BCUT2D eigenvalue weighted by molar-refractivity contribution is 0.981. The maximum Gasteiger partial charge on any atom is 0.0544 e. The lowest BCUT2D eigenvalue weighted by Crippen LogP contribution is -2.04. The van der Waals surface area contributed by atoms with E-state index >= 15 is 0 Å². The van der Waals surface area contributed by atoms with E-state index in [1.807, 2.05) is 6.07 Å². The van der Waals surface area contributed by atoms with Crippen molar-refractivity contribution in [2.24, 2.45) is 0 Å². The molecule has 0 aliphatic carbocycles. The van der Waals surface area contributed by atoms with Gasteiger partial charge in [-0.2, -0.15) is 0 Å². The molecule has 0 aliphatic rings. The van der Waals surface area contributed by atoms with E-state index in [4.69, 9.17) is 11.6 Å². The monoisotopic (exact) mass is 549 g/mol. The third-order valence-corrected chi connectivity index (χ3v) is 9.34. The number of thiophene rings is 1. The Hall–Kier alpha value is -4.37. The Morgan fingerprint density at radius 2 is 1.15 bits per heavy atom. The highest BCUT2D eigenvalue weighted by Gasteiger charge is 2.21. The number of benzene rings is 6. The van der Waals surface area contributed by atoms with Crippen molar-refractivity contribution in [2.45, 2.75) is 5.92 Å². The summed E-state index contributed by atoms with van der Waals surface area (Å²) >= 11 is 8.13. The summed E-state index contributed by atoms with van der Waals surface area (Å²) in [4.78, 5) is 0. The zero-order chi connectivity index (χ0) is 26.6. The van der Waals surface area contributed by atoms with Crippen molar-refractivity contribution in [3.63, 3.8) is 0 Å². The summed E-state index contributed by atoms with van der Waals surface area (Å²) in [5.41, 5.74) is 7.47. The Morgan fingerprint density at radius 1 is 0.475 bits per heavy atom. The van der Waals surface area contributed by atoms with Gasteiger partial charge in [0.25, 0.3) is 0 Å². The normalized spacial score (nSPS) is 12.5. The number of aromatic nitrogens is 1. The third kappa shape index (κ3) is 3.76. The minimum absolute atomic E-state index is 0.0967. The lowest BCUT2D eigenvalue weighted by Gasteiger charge is -2.20. The van der Waals surface area contributed by atoms with E-state index < -0.39 is 0 Å². The predicted octanol–water partition coefficient (Wildman–Crippen LogP) is 11.0. The molecule has 0 amide bonds. The minimum atomic E-state index is 0.0967. The van der Waals surface area contributed by atoms with E-state index in [0.717, 1.165) is 5.02 Å². The molecule has 190 valence electrons. The second-order valence-electron chi connectivity index (χ2n) is 10.3. The summed E-state index contributed by atoms with van der Waals surface area (Å²) in [6, 6.07) is 50.5. The summed E-state index contributed by atoms with van der Waals surface area (Å²) in [6.45, 7) is 0. The molecule has 8 rings (SSSR count). The molecule has 0 fully saturated rings. The number of hydrogen-bond donors (Lipinski definition) is 0. The number of nitrogens with zero attached hydrogens (tertiary/aromatic N) is 1. The fourth-order valence-corrected chi connectivity index (χ4v) is 7.56. The molecule has 0 aliphatic heterocycles. The lowest BCUT2D eigenvalue weighted by atomic mass is 9.84. The molecular formula is C37H24ClNS. The van der Waals surface area contributed by atoms with Crippen LogP contribution in [-0.4, -0.2) is 4.57 Å². The van der Waals surface area contributed by atoms with Gasteiger partial charge in [0.15, 0.2) is 0 Å². The van der Waals surface area contributed by atoms with Gasteiger partial charge in [0.05, 0.1) is 11.0 Å². The smallest absolute Gasteiger partial charge is 0.0544 e. The van der Waals surface area contributed by atoms with Crippen molar-refractivity contribution in [1.29, 1.82) is 0 Å². The fraction of sp³-hybridized carbons (Fsp3) is 0.0270. The highest BCUT2D eigenvalue weighted by molar-refractivity contribution is 7.25. The molecule has 0 bridgehead atoms. The number of halogens is 1. The van der Waals surface area contributed by atoms with Gasteiger partial charge in [0.2, 0.25) is 0 Å². The van der Waals surface area contributed by atoms with Gasteiger partial charge in [-0.25, -0.2) is 0 Å². The highest BCUT2D eigenvalue weighted by Crippen LogP contribution is 2.41. The van der Waals surface area contributed by atoms with Crippen molar-refractivity contribution in [3.8, 4) is 5.69 Å². The molecule has 0 radical (unpaired) electrons. The molecule has 0 saturated carbocycles. The van der Waals surface area contributed by atoms with Crippen LogP contribution >= 0.6 is 22.9 Å². The van der Waals surface area contributed by atoms with Gasteiger partial charge in [0.1, 0.15) is 0 Å². The molecule has 8 aromatic rings. The largest absolute Gasteiger partial charge is 0.309 e. The first-order valence-corrected chi connectivity index (χ1v) is 14.7. The fourth-order valence-electron chi connectivity index (χ4n) is 6.19. The van der Waals surface area contributed by atoms with Crippen LogP contribution < -0.4 is 0 Å². The molecular weight excluding hydrogens is 526 g/mol. The molecule has 2 aromatic heterocycles. The molecule has 6 aromatic carbocycles. The summed E-state index contributed by atoms with van der Waals surface area (Å²) in [5, 5.41) is 5.87. The Bertz CT molecular complexity index is 2170. The molecule has 1 unspecified atom stereocenters. The van der Waals surface area contributed by atoms with E-state index in [1.165, 1.54) is 64.4 Å². The number of hydrogen-bond acceptors (Lipinski definition) is 1. The molecule has 1 nitrogen and oxygen atoms in total. The predicted molar refractivity (Wildman–Crippen MR) is 173 cm³/mol. The highest BCUT2D eigenvalue weighted by atomic mass is 35.5. The molecule has 0 saturated heterocycles. The van der Waals surface area contributed by atoms with Gasteiger partial charge in [-0.3, -0.25) is 0 Å². The van der Waals surface area contributed by atoms with Crippen LogP contribution in [0.25, 0.3) is 47.7 Å². The van der Waals surface area contributed by atoms with Crippen molar-refractivity contribution in [1.82, 2.24) is 4.57 Å². The summed E-state index contributed by atoms with van der Waals surface area (Å²) in [7, 11) is 0. The van der Waals surface area contributed by atoms with Gasteiger partial charge in [0, 0.05) is 47.6 Å². The van der Waals surface area contributed by atoms with E-state index in [2.05, 4.69) is 138 Å². The zero-order valence-electron chi connectivity index (χ0n) is 21.6. The van der Waals surface area contributed by atoms with Crippen LogP contribution in [0.4, 0.5) is 0 Å². The maximum atomic E-state index is 6.33. The Morgan fingerprint density at radius 3 is 2.00 bits per heavy atom. The third-order valence-electron chi connectivity index (χ3n) is 7.97. The van der Waals surface area contributed by atoms with Crippen LogP contribution in [-0.2, 0) is 0 Å². The first-order valence-electron chi connectivity index (χ1n) is 13.5. The summed E-state index contributed by atoms with van der Waals surface area (Å²) < 4.78 is 4.91.